The van der Waals surface area contributed by atoms with E-state index in [1.807, 2.05) is 18.2 Å². The molecule has 0 saturated heterocycles. The summed E-state index contributed by atoms with van der Waals surface area (Å²) >= 11 is 0. The van der Waals surface area contributed by atoms with E-state index in [9.17, 15) is 4.79 Å². The van der Waals surface area contributed by atoms with Crippen LogP contribution in [0, 0.1) is 11.8 Å². The molecule has 1 heterocycles. The molecule has 1 fully saturated rings. The number of hydrogen-bond acceptors (Lipinski definition) is 3. The SMILES string of the molecule is Cl.Cl.NC[C@H]1CCC[C@H]1C(=O)Nc1ccccc1CN1CCc2ccccc21. The highest BCUT2D eigenvalue weighted by Crippen LogP contribution is 2.33. The smallest absolute Gasteiger partial charge is 0.227 e. The second-order valence-electron chi connectivity index (χ2n) is 7.48. The summed E-state index contributed by atoms with van der Waals surface area (Å²) in [5.41, 5.74) is 10.7. The number of halogens is 2. The summed E-state index contributed by atoms with van der Waals surface area (Å²) in [6.45, 7) is 2.45. The van der Waals surface area contributed by atoms with Crippen LogP contribution in [0.25, 0.3) is 0 Å². The lowest BCUT2D eigenvalue weighted by molar-refractivity contribution is -0.120. The lowest BCUT2D eigenvalue weighted by Gasteiger charge is -2.23. The minimum absolute atomic E-state index is 0. The molecule has 4 rings (SSSR count). The molecule has 2 atom stereocenters. The fourth-order valence-electron chi connectivity index (χ4n) is 4.45. The van der Waals surface area contributed by atoms with Crippen molar-refractivity contribution in [2.24, 2.45) is 17.6 Å². The van der Waals surface area contributed by atoms with E-state index in [2.05, 4.69) is 40.5 Å². The van der Waals surface area contributed by atoms with E-state index in [-0.39, 0.29) is 36.6 Å². The highest BCUT2D eigenvalue weighted by atomic mass is 35.5. The van der Waals surface area contributed by atoms with Crippen molar-refractivity contribution in [1.82, 2.24) is 0 Å². The van der Waals surface area contributed by atoms with Crippen LogP contribution in [0.3, 0.4) is 0 Å². The normalized spacial score (nSPS) is 20.1. The minimum atomic E-state index is 0. The van der Waals surface area contributed by atoms with E-state index in [1.54, 1.807) is 0 Å². The van der Waals surface area contributed by atoms with Gasteiger partial charge >= 0.3 is 0 Å². The molecule has 0 unspecified atom stereocenters. The Balaban J connectivity index is 0.00000140. The largest absolute Gasteiger partial charge is 0.367 e. The van der Waals surface area contributed by atoms with Crippen molar-refractivity contribution in [1.29, 1.82) is 0 Å². The van der Waals surface area contributed by atoms with Crippen LogP contribution in [0.4, 0.5) is 11.4 Å². The first-order valence-corrected chi connectivity index (χ1v) is 9.68. The Kier molecular flexibility index (Phi) is 8.17. The molecule has 1 amide bonds. The number of nitrogens with one attached hydrogen (secondary N) is 1. The second-order valence-corrected chi connectivity index (χ2v) is 7.48. The van der Waals surface area contributed by atoms with Crippen LogP contribution in [0.5, 0.6) is 0 Å². The number of rotatable bonds is 5. The van der Waals surface area contributed by atoms with E-state index >= 15 is 0 Å². The number of benzene rings is 2. The number of nitrogens with zero attached hydrogens (tertiary/aromatic N) is 1. The maximum absolute atomic E-state index is 12.8. The number of hydrogen-bond donors (Lipinski definition) is 2. The lowest BCUT2D eigenvalue weighted by Crippen LogP contribution is -2.30. The monoisotopic (exact) mass is 421 g/mol. The van der Waals surface area contributed by atoms with E-state index in [0.29, 0.717) is 12.5 Å². The summed E-state index contributed by atoms with van der Waals surface area (Å²) in [5, 5.41) is 3.19. The molecule has 1 aliphatic heterocycles. The molecule has 2 aromatic rings. The zero-order valence-corrected chi connectivity index (χ0v) is 17.6. The van der Waals surface area contributed by atoms with Crippen molar-refractivity contribution >= 4 is 42.1 Å². The Hall–Kier alpha value is -1.75. The predicted molar refractivity (Wildman–Crippen MR) is 121 cm³/mol. The summed E-state index contributed by atoms with van der Waals surface area (Å²) in [6, 6.07) is 16.8. The Morgan fingerprint density at radius 1 is 1.07 bits per heavy atom. The molecule has 0 spiro atoms. The Morgan fingerprint density at radius 2 is 1.82 bits per heavy atom. The van der Waals surface area contributed by atoms with Gasteiger partial charge in [0.2, 0.25) is 5.91 Å². The molecular weight excluding hydrogens is 393 g/mol. The van der Waals surface area contributed by atoms with Crippen molar-refractivity contribution in [2.45, 2.75) is 32.2 Å². The van der Waals surface area contributed by atoms with Crippen molar-refractivity contribution in [3.63, 3.8) is 0 Å². The van der Waals surface area contributed by atoms with E-state index in [1.165, 1.54) is 16.8 Å². The first-order chi connectivity index (χ1) is 12.8. The standard InChI is InChI=1S/C22H27N3O.2ClH/c23-14-17-8-5-9-19(17)22(26)24-20-10-3-1-7-18(20)15-25-13-12-16-6-2-4-11-21(16)25;;/h1-4,6-7,10-11,17,19H,5,8-9,12-15,23H2,(H,24,26);2*1H/t17-,19-;;/m1../s1. The minimum Gasteiger partial charge on any atom is -0.367 e. The Morgan fingerprint density at radius 3 is 2.64 bits per heavy atom. The predicted octanol–water partition coefficient (Wildman–Crippen LogP) is 4.41. The van der Waals surface area contributed by atoms with Gasteiger partial charge < -0.3 is 16.0 Å². The molecule has 4 nitrogen and oxygen atoms in total. The van der Waals surface area contributed by atoms with E-state index < -0.39 is 0 Å². The highest BCUT2D eigenvalue weighted by molar-refractivity contribution is 5.93. The topological polar surface area (TPSA) is 58.4 Å². The van der Waals surface area contributed by atoms with Gasteiger partial charge in [-0.05, 0) is 55.0 Å². The van der Waals surface area contributed by atoms with Crippen molar-refractivity contribution < 1.29 is 4.79 Å². The van der Waals surface area contributed by atoms with E-state index in [0.717, 1.165) is 44.5 Å². The van der Waals surface area contributed by atoms with Crippen LogP contribution >= 0.6 is 24.8 Å². The summed E-state index contributed by atoms with van der Waals surface area (Å²) < 4.78 is 0. The third-order valence-electron chi connectivity index (χ3n) is 5.92. The number of carbonyl (C=O) groups excluding carboxylic acids is 1. The molecule has 2 aromatic carbocycles. The van der Waals surface area contributed by atoms with Gasteiger partial charge in [-0.25, -0.2) is 0 Å². The number of anilines is 2. The number of nitrogens with two attached hydrogens (primary N) is 1. The van der Waals surface area contributed by atoms with Gasteiger partial charge in [-0.3, -0.25) is 4.79 Å². The molecule has 0 aromatic heterocycles. The maximum Gasteiger partial charge on any atom is 0.227 e. The van der Waals surface area contributed by atoms with Gasteiger partial charge in [0, 0.05) is 30.4 Å². The van der Waals surface area contributed by atoms with Crippen LogP contribution in [-0.2, 0) is 17.8 Å². The summed E-state index contributed by atoms with van der Waals surface area (Å²) in [5.74, 6) is 0.514. The van der Waals surface area contributed by atoms with Crippen LogP contribution in [0.15, 0.2) is 48.5 Å². The fraction of sp³-hybridized carbons (Fsp3) is 0.409. The third-order valence-corrected chi connectivity index (χ3v) is 5.92. The lowest BCUT2D eigenvalue weighted by atomic mass is 9.95. The number of carbonyl (C=O) groups is 1. The van der Waals surface area contributed by atoms with Gasteiger partial charge in [0.1, 0.15) is 0 Å². The first-order valence-electron chi connectivity index (χ1n) is 9.68. The molecule has 2 aliphatic rings. The zero-order chi connectivity index (χ0) is 17.9. The van der Waals surface area contributed by atoms with Crippen molar-refractivity contribution in [2.75, 3.05) is 23.3 Å². The zero-order valence-electron chi connectivity index (χ0n) is 16.0. The molecule has 152 valence electrons. The fourth-order valence-corrected chi connectivity index (χ4v) is 4.45. The second kappa shape index (κ2) is 10.1. The van der Waals surface area contributed by atoms with Gasteiger partial charge in [-0.2, -0.15) is 0 Å². The van der Waals surface area contributed by atoms with Gasteiger partial charge in [0.25, 0.3) is 0 Å². The van der Waals surface area contributed by atoms with Gasteiger partial charge in [-0.15, -0.1) is 24.8 Å². The van der Waals surface area contributed by atoms with Crippen molar-refractivity contribution in [3.05, 3.63) is 59.7 Å². The van der Waals surface area contributed by atoms with Crippen molar-refractivity contribution in [3.8, 4) is 0 Å². The van der Waals surface area contributed by atoms with Crippen LogP contribution in [0.1, 0.15) is 30.4 Å². The van der Waals surface area contributed by atoms with E-state index in [4.69, 9.17) is 5.73 Å². The molecule has 1 aliphatic carbocycles. The summed E-state index contributed by atoms with van der Waals surface area (Å²) in [4.78, 5) is 15.2. The van der Waals surface area contributed by atoms with Crippen LogP contribution in [-0.4, -0.2) is 19.0 Å². The van der Waals surface area contributed by atoms with Crippen LogP contribution < -0.4 is 16.0 Å². The molecule has 28 heavy (non-hydrogen) atoms. The first kappa shape index (κ1) is 22.5. The summed E-state index contributed by atoms with van der Waals surface area (Å²) in [7, 11) is 0. The molecule has 6 heteroatoms. The third kappa shape index (κ3) is 4.62. The summed E-state index contributed by atoms with van der Waals surface area (Å²) in [6.07, 6.45) is 4.22. The molecule has 0 bridgehead atoms. The van der Waals surface area contributed by atoms with Gasteiger partial charge in [0.05, 0.1) is 0 Å². The van der Waals surface area contributed by atoms with Gasteiger partial charge in [-0.1, -0.05) is 42.8 Å². The van der Waals surface area contributed by atoms with Crippen LogP contribution in [0.2, 0.25) is 0 Å². The number of fused-ring (bicyclic) bond motifs is 1. The average Bonchev–Trinajstić information content (AvgIpc) is 3.30. The quantitative estimate of drug-likeness (QED) is 0.751. The average molecular weight is 422 g/mol. The molecule has 1 saturated carbocycles. The van der Waals surface area contributed by atoms with Gasteiger partial charge in [0.15, 0.2) is 0 Å². The number of amides is 1. The molecule has 3 N–H and O–H groups in total. The maximum atomic E-state index is 12.8. The number of para-hydroxylation sites is 2. The highest BCUT2D eigenvalue weighted by Gasteiger charge is 2.32. The Labute approximate surface area is 179 Å². The molecule has 0 radical (unpaired) electrons. The molecular formula is C22H29Cl2N3O. The Bertz CT molecular complexity index is 799.